The minimum Gasteiger partial charge on any atom is -0.236 e. The molecule has 27 heavy (non-hydrogen) atoms. The second-order valence-corrected chi connectivity index (χ2v) is 6.74. The van der Waals surface area contributed by atoms with Gasteiger partial charge in [-0.3, -0.25) is 0 Å². The molecule has 132 valence electrons. The highest BCUT2D eigenvalue weighted by atomic mass is 14.9. The summed E-state index contributed by atoms with van der Waals surface area (Å²) in [5.74, 6) is 1.48. The van der Waals surface area contributed by atoms with Gasteiger partial charge < -0.3 is 0 Å². The van der Waals surface area contributed by atoms with Gasteiger partial charge in [0.1, 0.15) is 0 Å². The third-order valence-electron chi connectivity index (χ3n) is 4.44. The monoisotopic (exact) mass is 352 g/mol. The molecule has 0 N–H and O–H groups in total. The van der Waals surface area contributed by atoms with E-state index in [0.717, 1.165) is 33.9 Å². The Balaban J connectivity index is 1.47. The molecule has 0 radical (unpaired) electrons. The van der Waals surface area contributed by atoms with E-state index < -0.39 is 0 Å². The number of rotatable bonds is 4. The van der Waals surface area contributed by atoms with Crippen molar-refractivity contribution in [3.8, 4) is 22.8 Å². The number of hydrogen-bond acceptors (Lipinski definition) is 4. The molecule has 4 aromatic rings. The number of nitrogens with zero attached hydrogens (tertiary/aromatic N) is 4. The molecule has 0 aliphatic rings. The van der Waals surface area contributed by atoms with E-state index in [-0.39, 0.29) is 0 Å². The Bertz CT molecular complexity index is 933. The second kappa shape index (κ2) is 7.46. The normalized spacial score (nSPS) is 10.7. The summed E-state index contributed by atoms with van der Waals surface area (Å²) < 4.78 is 0. The van der Waals surface area contributed by atoms with E-state index in [4.69, 9.17) is 0 Å². The quantitative estimate of drug-likeness (QED) is 0.529. The number of aromatic nitrogens is 4. The van der Waals surface area contributed by atoms with Gasteiger partial charge in [0.25, 0.3) is 0 Å². The fourth-order valence-electron chi connectivity index (χ4n) is 2.83. The third kappa shape index (κ3) is 4.06. The van der Waals surface area contributed by atoms with Crippen molar-refractivity contribution in [2.24, 2.45) is 0 Å². The smallest absolute Gasteiger partial charge is 0.159 e. The van der Waals surface area contributed by atoms with E-state index in [9.17, 15) is 0 Å². The SMILES string of the molecule is Cc1ccc(-c2ncc(Cc3cnc(-c4ccc(C)cc4)nc3)cn2)cc1. The first kappa shape index (κ1) is 17.0. The average Bonchev–Trinajstić information content (AvgIpc) is 2.71. The van der Waals surface area contributed by atoms with Crippen molar-refractivity contribution in [1.29, 1.82) is 0 Å². The largest absolute Gasteiger partial charge is 0.236 e. The zero-order chi connectivity index (χ0) is 18.6. The number of benzene rings is 2. The lowest BCUT2D eigenvalue weighted by molar-refractivity contribution is 1.04. The van der Waals surface area contributed by atoms with Crippen LogP contribution in [0.4, 0.5) is 0 Å². The molecule has 4 rings (SSSR count). The standard InChI is InChI=1S/C23H20N4/c1-16-3-7-20(8-4-16)22-24-12-18(13-25-22)11-19-14-26-23(27-15-19)21-9-5-17(2)6-10-21/h3-10,12-15H,11H2,1-2H3. The Morgan fingerprint density at radius 2 is 0.852 bits per heavy atom. The van der Waals surface area contributed by atoms with E-state index in [0.29, 0.717) is 6.42 Å². The van der Waals surface area contributed by atoms with Crippen molar-refractivity contribution >= 4 is 0 Å². The summed E-state index contributed by atoms with van der Waals surface area (Å²) >= 11 is 0. The second-order valence-electron chi connectivity index (χ2n) is 6.74. The van der Waals surface area contributed by atoms with E-state index >= 15 is 0 Å². The fourth-order valence-corrected chi connectivity index (χ4v) is 2.83. The molecule has 2 heterocycles. The zero-order valence-corrected chi connectivity index (χ0v) is 15.4. The summed E-state index contributed by atoms with van der Waals surface area (Å²) in [5, 5.41) is 0. The summed E-state index contributed by atoms with van der Waals surface area (Å²) in [7, 11) is 0. The fraction of sp³-hybridized carbons (Fsp3) is 0.130. The summed E-state index contributed by atoms with van der Waals surface area (Å²) in [6, 6.07) is 16.5. The van der Waals surface area contributed by atoms with Gasteiger partial charge in [-0.25, -0.2) is 19.9 Å². The van der Waals surface area contributed by atoms with Gasteiger partial charge in [0.15, 0.2) is 11.6 Å². The first-order valence-electron chi connectivity index (χ1n) is 8.93. The molecule has 0 bridgehead atoms. The zero-order valence-electron chi connectivity index (χ0n) is 15.4. The van der Waals surface area contributed by atoms with Crippen molar-refractivity contribution in [1.82, 2.24) is 19.9 Å². The molecule has 4 nitrogen and oxygen atoms in total. The highest BCUT2D eigenvalue weighted by Crippen LogP contribution is 2.17. The van der Waals surface area contributed by atoms with Crippen molar-refractivity contribution in [2.45, 2.75) is 20.3 Å². The molecule has 2 aromatic carbocycles. The molecule has 0 saturated carbocycles. The number of hydrogen-bond donors (Lipinski definition) is 0. The van der Waals surface area contributed by atoms with Crippen LogP contribution in [0.3, 0.4) is 0 Å². The molecule has 2 aromatic heterocycles. The van der Waals surface area contributed by atoms with Crippen molar-refractivity contribution in [2.75, 3.05) is 0 Å². The van der Waals surface area contributed by atoms with Gasteiger partial charge in [0.2, 0.25) is 0 Å². The molecular formula is C23H20N4. The van der Waals surface area contributed by atoms with Crippen LogP contribution < -0.4 is 0 Å². The van der Waals surface area contributed by atoms with E-state index in [2.05, 4.69) is 58.0 Å². The maximum absolute atomic E-state index is 4.50. The lowest BCUT2D eigenvalue weighted by atomic mass is 10.1. The van der Waals surface area contributed by atoms with Gasteiger partial charge in [-0.05, 0) is 25.0 Å². The van der Waals surface area contributed by atoms with Crippen LogP contribution in [0.5, 0.6) is 0 Å². The van der Waals surface area contributed by atoms with E-state index in [1.54, 1.807) is 0 Å². The minimum absolute atomic E-state index is 0.711. The van der Waals surface area contributed by atoms with Gasteiger partial charge in [0.05, 0.1) is 0 Å². The molecule has 0 fully saturated rings. The Kier molecular flexibility index (Phi) is 4.71. The van der Waals surface area contributed by atoms with Crippen LogP contribution in [-0.2, 0) is 6.42 Å². The van der Waals surface area contributed by atoms with Gasteiger partial charge in [-0.15, -0.1) is 0 Å². The van der Waals surface area contributed by atoms with Crippen LogP contribution in [0.15, 0.2) is 73.3 Å². The van der Waals surface area contributed by atoms with Crippen molar-refractivity contribution < 1.29 is 0 Å². The molecule has 0 unspecified atom stereocenters. The first-order chi connectivity index (χ1) is 13.2. The van der Waals surface area contributed by atoms with Crippen LogP contribution in [0, 0.1) is 13.8 Å². The Morgan fingerprint density at radius 3 is 1.19 bits per heavy atom. The van der Waals surface area contributed by atoms with Gasteiger partial charge in [0, 0.05) is 42.3 Å². The van der Waals surface area contributed by atoms with Crippen LogP contribution in [0.2, 0.25) is 0 Å². The van der Waals surface area contributed by atoms with Crippen LogP contribution in [0.1, 0.15) is 22.3 Å². The third-order valence-corrected chi connectivity index (χ3v) is 4.44. The Morgan fingerprint density at radius 1 is 0.519 bits per heavy atom. The van der Waals surface area contributed by atoms with Crippen LogP contribution >= 0.6 is 0 Å². The van der Waals surface area contributed by atoms with Crippen LogP contribution in [-0.4, -0.2) is 19.9 Å². The molecule has 0 spiro atoms. The summed E-state index contributed by atoms with van der Waals surface area (Å²) in [6.07, 6.45) is 8.20. The van der Waals surface area contributed by atoms with Crippen molar-refractivity contribution in [3.05, 3.63) is 95.6 Å². The molecule has 0 amide bonds. The summed E-state index contributed by atoms with van der Waals surface area (Å²) in [6.45, 7) is 4.14. The maximum Gasteiger partial charge on any atom is 0.159 e. The molecule has 0 aliphatic heterocycles. The predicted octanol–water partition coefficient (Wildman–Crippen LogP) is 4.81. The number of aryl methyl sites for hydroxylation is 2. The lowest BCUT2D eigenvalue weighted by Crippen LogP contribution is -1.97. The molecule has 0 aliphatic carbocycles. The topological polar surface area (TPSA) is 51.6 Å². The Hall–Kier alpha value is -3.40. The lowest BCUT2D eigenvalue weighted by Gasteiger charge is -2.05. The van der Waals surface area contributed by atoms with Crippen LogP contribution in [0.25, 0.3) is 22.8 Å². The molecule has 0 atom stereocenters. The minimum atomic E-state index is 0.711. The highest BCUT2D eigenvalue weighted by molar-refractivity contribution is 5.56. The molecular weight excluding hydrogens is 332 g/mol. The molecule has 0 saturated heterocycles. The average molecular weight is 352 g/mol. The maximum atomic E-state index is 4.50. The molecule has 4 heteroatoms. The van der Waals surface area contributed by atoms with Gasteiger partial charge in [-0.1, -0.05) is 59.7 Å². The highest BCUT2D eigenvalue weighted by Gasteiger charge is 2.05. The predicted molar refractivity (Wildman–Crippen MR) is 107 cm³/mol. The Labute approximate surface area is 159 Å². The summed E-state index contributed by atoms with van der Waals surface area (Å²) in [4.78, 5) is 18.0. The summed E-state index contributed by atoms with van der Waals surface area (Å²) in [5.41, 5.74) is 6.58. The van der Waals surface area contributed by atoms with E-state index in [1.165, 1.54) is 11.1 Å². The first-order valence-corrected chi connectivity index (χ1v) is 8.93. The van der Waals surface area contributed by atoms with Crippen molar-refractivity contribution in [3.63, 3.8) is 0 Å². The van der Waals surface area contributed by atoms with E-state index in [1.807, 2.05) is 49.1 Å². The van der Waals surface area contributed by atoms with Gasteiger partial charge in [-0.2, -0.15) is 0 Å². The van der Waals surface area contributed by atoms with Gasteiger partial charge >= 0.3 is 0 Å².